The van der Waals surface area contributed by atoms with Crippen molar-refractivity contribution in [1.29, 1.82) is 0 Å². The molecule has 0 aromatic carbocycles. The van der Waals surface area contributed by atoms with Crippen LogP contribution in [-0.2, 0) is 11.8 Å². The number of aliphatic carboxylic acids is 1. The van der Waals surface area contributed by atoms with E-state index < -0.39 is 12.0 Å². The molecule has 3 heterocycles. The number of aryl methyl sites for hydroxylation is 2. The van der Waals surface area contributed by atoms with Gasteiger partial charge in [0.2, 0.25) is 0 Å². The lowest BCUT2D eigenvalue weighted by Gasteiger charge is -2.20. The van der Waals surface area contributed by atoms with Gasteiger partial charge in [-0.3, -0.25) is 9.59 Å². The van der Waals surface area contributed by atoms with E-state index >= 15 is 0 Å². The predicted molar refractivity (Wildman–Crippen MR) is 81.3 cm³/mol. The van der Waals surface area contributed by atoms with Crippen LogP contribution in [0.3, 0.4) is 0 Å². The van der Waals surface area contributed by atoms with Crippen molar-refractivity contribution in [1.82, 2.24) is 14.5 Å². The molecule has 1 N–H and O–H groups in total. The number of fused-ring (bicyclic) bond motifs is 1. The summed E-state index contributed by atoms with van der Waals surface area (Å²) in [5.41, 5.74) is 0.378. The van der Waals surface area contributed by atoms with E-state index in [9.17, 15) is 19.5 Å². The molecule has 0 aliphatic carbocycles. The Hall–Kier alpha value is -2.22. The van der Waals surface area contributed by atoms with Gasteiger partial charge in [-0.25, -0.2) is 9.78 Å². The summed E-state index contributed by atoms with van der Waals surface area (Å²) in [7, 11) is 1.61. The molecule has 3 rings (SSSR count). The van der Waals surface area contributed by atoms with Crippen molar-refractivity contribution >= 4 is 33.4 Å². The lowest BCUT2D eigenvalue weighted by molar-refractivity contribution is -0.141. The fourth-order valence-electron chi connectivity index (χ4n) is 2.81. The molecule has 1 unspecified atom stereocenters. The Morgan fingerprint density at radius 1 is 1.45 bits per heavy atom. The van der Waals surface area contributed by atoms with Gasteiger partial charge < -0.3 is 14.6 Å². The quantitative estimate of drug-likeness (QED) is 0.890. The highest BCUT2D eigenvalue weighted by molar-refractivity contribution is 7.20. The maximum absolute atomic E-state index is 12.7. The number of carbonyl (C=O) groups excluding carboxylic acids is 1. The van der Waals surface area contributed by atoms with Gasteiger partial charge in [0.1, 0.15) is 10.9 Å². The number of carboxylic acids is 1. The average Bonchev–Trinajstić information content (AvgIpc) is 3.07. The summed E-state index contributed by atoms with van der Waals surface area (Å²) in [5.74, 6) is -1.31. The van der Waals surface area contributed by atoms with E-state index in [-0.39, 0.29) is 11.5 Å². The van der Waals surface area contributed by atoms with Crippen LogP contribution in [-0.4, -0.2) is 44.0 Å². The number of rotatable bonds is 2. The minimum atomic E-state index is -0.987. The fraction of sp³-hybridized carbons (Fsp3) is 0.429. The van der Waals surface area contributed by atoms with Crippen molar-refractivity contribution in [3.63, 3.8) is 0 Å². The molecule has 0 radical (unpaired) electrons. The molecule has 22 heavy (non-hydrogen) atoms. The number of thiophene rings is 1. The molecule has 1 amide bonds. The SMILES string of the molecule is Cc1c(C(=O)N2CCCC2C(=O)O)sc2ncn(C)c(=O)c12. The average molecular weight is 321 g/mol. The summed E-state index contributed by atoms with van der Waals surface area (Å²) in [5, 5.41) is 9.65. The second-order valence-corrected chi connectivity index (χ2v) is 6.39. The van der Waals surface area contributed by atoms with Crippen LogP contribution in [0.15, 0.2) is 11.1 Å². The van der Waals surface area contributed by atoms with Crippen molar-refractivity contribution < 1.29 is 14.7 Å². The van der Waals surface area contributed by atoms with Gasteiger partial charge in [-0.1, -0.05) is 0 Å². The lowest BCUT2D eigenvalue weighted by atomic mass is 10.2. The van der Waals surface area contributed by atoms with Crippen LogP contribution < -0.4 is 5.56 Å². The molecule has 0 bridgehead atoms. The first kappa shape index (κ1) is 14.7. The highest BCUT2D eigenvalue weighted by Gasteiger charge is 2.36. The van der Waals surface area contributed by atoms with Gasteiger partial charge in [-0.15, -0.1) is 11.3 Å². The molecule has 0 spiro atoms. The first-order chi connectivity index (χ1) is 10.4. The summed E-state index contributed by atoms with van der Waals surface area (Å²) in [4.78, 5) is 42.6. The summed E-state index contributed by atoms with van der Waals surface area (Å²) in [6.07, 6.45) is 2.56. The Morgan fingerprint density at radius 2 is 2.18 bits per heavy atom. The predicted octanol–water partition coefficient (Wildman–Crippen LogP) is 0.993. The Morgan fingerprint density at radius 3 is 2.86 bits per heavy atom. The molecule has 1 aliphatic heterocycles. The third-order valence-corrected chi connectivity index (χ3v) is 5.19. The minimum Gasteiger partial charge on any atom is -0.480 e. The molecule has 1 fully saturated rings. The third kappa shape index (κ3) is 2.10. The summed E-state index contributed by atoms with van der Waals surface area (Å²) >= 11 is 1.15. The van der Waals surface area contributed by atoms with Crippen molar-refractivity contribution in [2.75, 3.05) is 6.54 Å². The monoisotopic (exact) mass is 321 g/mol. The normalized spacial score (nSPS) is 18.1. The van der Waals surface area contributed by atoms with Crippen molar-refractivity contribution in [2.24, 2.45) is 7.05 Å². The number of carboxylic acid groups (broad SMARTS) is 1. The highest BCUT2D eigenvalue weighted by Crippen LogP contribution is 2.30. The number of likely N-dealkylation sites (tertiary alicyclic amines) is 1. The maximum Gasteiger partial charge on any atom is 0.326 e. The van der Waals surface area contributed by atoms with Crippen LogP contribution in [0.4, 0.5) is 0 Å². The first-order valence-corrected chi connectivity index (χ1v) is 7.72. The minimum absolute atomic E-state index is 0.200. The molecule has 1 atom stereocenters. The largest absolute Gasteiger partial charge is 0.480 e. The first-order valence-electron chi connectivity index (χ1n) is 6.90. The van der Waals surface area contributed by atoms with Gasteiger partial charge in [0.25, 0.3) is 11.5 Å². The molecule has 7 nitrogen and oxygen atoms in total. The Kier molecular flexibility index (Phi) is 3.48. The van der Waals surface area contributed by atoms with Crippen LogP contribution in [0, 0.1) is 6.92 Å². The number of aromatic nitrogens is 2. The highest BCUT2D eigenvalue weighted by atomic mass is 32.1. The smallest absolute Gasteiger partial charge is 0.326 e. The van der Waals surface area contributed by atoms with E-state index in [0.29, 0.717) is 40.0 Å². The Balaban J connectivity index is 2.09. The zero-order chi connectivity index (χ0) is 16.0. The summed E-state index contributed by atoms with van der Waals surface area (Å²) in [6, 6.07) is -0.784. The van der Waals surface area contributed by atoms with E-state index in [2.05, 4.69) is 4.98 Å². The van der Waals surface area contributed by atoms with E-state index in [1.807, 2.05) is 0 Å². The lowest BCUT2D eigenvalue weighted by Crippen LogP contribution is -2.40. The molecular formula is C14H15N3O4S. The van der Waals surface area contributed by atoms with Gasteiger partial charge in [0.05, 0.1) is 16.6 Å². The maximum atomic E-state index is 12.7. The van der Waals surface area contributed by atoms with Crippen LogP contribution in [0.25, 0.3) is 10.2 Å². The zero-order valence-electron chi connectivity index (χ0n) is 12.2. The van der Waals surface area contributed by atoms with Crippen LogP contribution in [0.5, 0.6) is 0 Å². The van der Waals surface area contributed by atoms with Crippen molar-refractivity contribution in [2.45, 2.75) is 25.8 Å². The van der Waals surface area contributed by atoms with E-state index in [1.165, 1.54) is 15.8 Å². The van der Waals surface area contributed by atoms with E-state index in [1.54, 1.807) is 14.0 Å². The summed E-state index contributed by atoms with van der Waals surface area (Å²) in [6.45, 7) is 2.13. The number of hydrogen-bond acceptors (Lipinski definition) is 5. The standard InChI is InChI=1S/C14H15N3O4S/c1-7-9-11(15-6-16(2)12(9)18)22-10(7)13(19)17-5-3-4-8(17)14(20)21/h6,8H,3-5H2,1-2H3,(H,20,21). The number of nitrogens with zero attached hydrogens (tertiary/aromatic N) is 3. The topological polar surface area (TPSA) is 92.5 Å². The Bertz CT molecular complexity index is 838. The van der Waals surface area contributed by atoms with Gasteiger partial charge >= 0.3 is 5.97 Å². The molecule has 0 saturated carbocycles. The van der Waals surface area contributed by atoms with Crippen LogP contribution in [0.2, 0.25) is 0 Å². The Labute approximate surface area is 129 Å². The van der Waals surface area contributed by atoms with Gasteiger partial charge in [-0.2, -0.15) is 0 Å². The third-order valence-electron chi connectivity index (χ3n) is 4.00. The molecule has 8 heteroatoms. The number of carbonyl (C=O) groups is 2. The molecule has 116 valence electrons. The van der Waals surface area contributed by atoms with Gasteiger partial charge in [0, 0.05) is 13.6 Å². The van der Waals surface area contributed by atoms with Gasteiger partial charge in [-0.05, 0) is 25.3 Å². The van der Waals surface area contributed by atoms with E-state index in [0.717, 1.165) is 11.3 Å². The van der Waals surface area contributed by atoms with Crippen molar-refractivity contribution in [3.8, 4) is 0 Å². The molecule has 2 aromatic heterocycles. The number of hydrogen-bond donors (Lipinski definition) is 1. The zero-order valence-corrected chi connectivity index (χ0v) is 13.0. The van der Waals surface area contributed by atoms with Crippen LogP contribution in [0.1, 0.15) is 28.1 Å². The molecule has 1 aliphatic rings. The fourth-order valence-corrected chi connectivity index (χ4v) is 3.91. The van der Waals surface area contributed by atoms with Gasteiger partial charge in [0.15, 0.2) is 0 Å². The van der Waals surface area contributed by atoms with Crippen LogP contribution >= 0.6 is 11.3 Å². The molecule has 1 saturated heterocycles. The number of amides is 1. The molecular weight excluding hydrogens is 306 g/mol. The molecule has 2 aromatic rings. The summed E-state index contributed by atoms with van der Waals surface area (Å²) < 4.78 is 1.37. The van der Waals surface area contributed by atoms with Crippen molar-refractivity contribution in [3.05, 3.63) is 27.1 Å². The second-order valence-electron chi connectivity index (χ2n) is 5.39. The second kappa shape index (κ2) is 5.20. The van der Waals surface area contributed by atoms with E-state index in [4.69, 9.17) is 0 Å².